The van der Waals surface area contributed by atoms with E-state index in [1.807, 2.05) is 35.2 Å². The van der Waals surface area contributed by atoms with Gasteiger partial charge in [0.25, 0.3) is 5.91 Å². The third-order valence-corrected chi connectivity index (χ3v) is 6.61. The van der Waals surface area contributed by atoms with Crippen LogP contribution >= 0.6 is 0 Å². The van der Waals surface area contributed by atoms with Crippen molar-refractivity contribution in [2.45, 2.75) is 19.4 Å². The number of hydrazone groups is 1. The molecule has 2 heterocycles. The lowest BCUT2D eigenvalue weighted by molar-refractivity contribution is -0.135. The molecule has 0 spiro atoms. The van der Waals surface area contributed by atoms with E-state index in [0.717, 1.165) is 16.8 Å². The van der Waals surface area contributed by atoms with Gasteiger partial charge >= 0.3 is 0 Å². The molecule has 0 aromatic heterocycles. The first-order chi connectivity index (χ1) is 16.1. The Labute approximate surface area is 194 Å². The third-order valence-electron chi connectivity index (χ3n) is 6.61. The fraction of sp³-hybridized carbons (Fsp3) is 0.296. The molecule has 5 rings (SSSR count). The van der Waals surface area contributed by atoms with Crippen LogP contribution in [0.2, 0.25) is 0 Å². The van der Waals surface area contributed by atoms with Gasteiger partial charge in [-0.05, 0) is 28.0 Å². The van der Waals surface area contributed by atoms with Crippen molar-refractivity contribution >= 4 is 28.3 Å². The number of benzene rings is 3. The Morgan fingerprint density at radius 3 is 2.30 bits per heavy atom. The highest BCUT2D eigenvalue weighted by Gasteiger charge is 2.34. The summed E-state index contributed by atoms with van der Waals surface area (Å²) in [5.41, 5.74) is 3.08. The van der Waals surface area contributed by atoms with E-state index in [1.165, 1.54) is 10.8 Å². The Morgan fingerprint density at radius 1 is 0.879 bits per heavy atom. The molecular formula is C27H28N4O2. The Balaban J connectivity index is 1.39. The summed E-state index contributed by atoms with van der Waals surface area (Å²) in [6.07, 6.45) is 0.687. The number of carbonyl (C=O) groups is 2. The van der Waals surface area contributed by atoms with E-state index in [4.69, 9.17) is 5.10 Å². The maximum atomic E-state index is 13.4. The van der Waals surface area contributed by atoms with Gasteiger partial charge in [-0.3, -0.25) is 14.5 Å². The molecule has 33 heavy (non-hydrogen) atoms. The number of amides is 2. The summed E-state index contributed by atoms with van der Waals surface area (Å²) in [6.45, 7) is 4.64. The second kappa shape index (κ2) is 9.16. The lowest BCUT2D eigenvalue weighted by Crippen LogP contribution is -2.50. The minimum Gasteiger partial charge on any atom is -0.340 e. The average Bonchev–Trinajstić information content (AvgIpc) is 3.30. The topological polar surface area (TPSA) is 56.2 Å². The minimum absolute atomic E-state index is 0.00378. The molecule has 0 radical (unpaired) electrons. The fourth-order valence-electron chi connectivity index (χ4n) is 4.70. The van der Waals surface area contributed by atoms with Crippen LogP contribution in [0.5, 0.6) is 0 Å². The maximum Gasteiger partial charge on any atom is 0.257 e. The van der Waals surface area contributed by atoms with Crippen LogP contribution in [-0.2, 0) is 9.59 Å². The molecule has 0 bridgehead atoms. The summed E-state index contributed by atoms with van der Waals surface area (Å²) >= 11 is 0. The van der Waals surface area contributed by atoms with E-state index in [0.29, 0.717) is 39.1 Å². The average molecular weight is 441 g/mol. The Morgan fingerprint density at radius 2 is 1.58 bits per heavy atom. The second-order valence-electron chi connectivity index (χ2n) is 8.76. The van der Waals surface area contributed by atoms with Crippen molar-refractivity contribution in [2.24, 2.45) is 5.10 Å². The van der Waals surface area contributed by atoms with Crippen LogP contribution in [-0.4, -0.2) is 65.1 Å². The number of nitrogens with zero attached hydrogens (tertiary/aromatic N) is 4. The Hall–Kier alpha value is -3.51. The van der Waals surface area contributed by atoms with E-state index in [-0.39, 0.29) is 17.9 Å². The molecular weight excluding hydrogens is 412 g/mol. The first-order valence-corrected chi connectivity index (χ1v) is 11.5. The van der Waals surface area contributed by atoms with Gasteiger partial charge in [0.05, 0.1) is 18.3 Å². The van der Waals surface area contributed by atoms with Crippen molar-refractivity contribution < 1.29 is 9.59 Å². The number of piperazine rings is 1. The van der Waals surface area contributed by atoms with Crippen LogP contribution in [0.15, 0.2) is 77.9 Å². The summed E-state index contributed by atoms with van der Waals surface area (Å²) < 4.78 is 0. The highest BCUT2D eigenvalue weighted by Crippen LogP contribution is 2.33. The number of carbonyl (C=O) groups excluding carboxylic acids is 2. The van der Waals surface area contributed by atoms with Gasteiger partial charge in [0.15, 0.2) is 0 Å². The molecule has 2 aliphatic heterocycles. The molecule has 1 atom stereocenters. The van der Waals surface area contributed by atoms with Gasteiger partial charge < -0.3 is 4.90 Å². The van der Waals surface area contributed by atoms with Crippen LogP contribution in [0.1, 0.15) is 30.5 Å². The minimum atomic E-state index is -0.112. The normalized spacial score (nSPS) is 19.1. The van der Waals surface area contributed by atoms with E-state index < -0.39 is 0 Å². The van der Waals surface area contributed by atoms with Crippen molar-refractivity contribution in [1.29, 1.82) is 0 Å². The molecule has 0 unspecified atom stereocenters. The molecule has 3 aromatic rings. The van der Waals surface area contributed by atoms with Gasteiger partial charge in [-0.15, -0.1) is 0 Å². The lowest BCUT2D eigenvalue weighted by Gasteiger charge is -2.34. The van der Waals surface area contributed by atoms with Gasteiger partial charge in [0, 0.05) is 39.5 Å². The summed E-state index contributed by atoms with van der Waals surface area (Å²) in [5.74, 6) is 0.0882. The summed E-state index contributed by atoms with van der Waals surface area (Å²) in [6, 6.07) is 24.7. The molecule has 0 saturated carbocycles. The first kappa shape index (κ1) is 21.3. The van der Waals surface area contributed by atoms with Crippen molar-refractivity contribution in [2.75, 3.05) is 32.7 Å². The molecule has 6 heteroatoms. The molecule has 2 aliphatic rings. The highest BCUT2D eigenvalue weighted by atomic mass is 16.2. The smallest absolute Gasteiger partial charge is 0.257 e. The van der Waals surface area contributed by atoms with Gasteiger partial charge in [-0.25, -0.2) is 5.01 Å². The predicted octanol–water partition coefficient (Wildman–Crippen LogP) is 3.68. The summed E-state index contributed by atoms with van der Waals surface area (Å²) in [7, 11) is 0. The number of rotatable bonds is 4. The quantitative estimate of drug-likeness (QED) is 0.622. The van der Waals surface area contributed by atoms with Gasteiger partial charge in [-0.1, -0.05) is 66.7 Å². The molecule has 0 N–H and O–H groups in total. The largest absolute Gasteiger partial charge is 0.340 e. The first-order valence-electron chi connectivity index (χ1n) is 11.5. The molecule has 168 valence electrons. The van der Waals surface area contributed by atoms with Crippen molar-refractivity contribution in [3.63, 3.8) is 0 Å². The SMILES string of the molecule is CC(=O)N1CCN(CC(=O)N2N=C(c3ccc4ccccc4c3)C[C@H]2c2ccccc2)CC1. The molecule has 6 nitrogen and oxygen atoms in total. The lowest BCUT2D eigenvalue weighted by atomic mass is 9.97. The number of fused-ring (bicyclic) bond motifs is 1. The standard InChI is InChI=1S/C27H28N4O2/c1-20(32)30-15-13-29(14-16-30)19-27(33)31-26(22-8-3-2-4-9-22)18-25(28-31)24-12-11-21-7-5-6-10-23(21)17-24/h2-12,17,26H,13-16,18-19H2,1H3/t26-/m0/s1. The Bertz CT molecular complexity index is 1200. The van der Waals surface area contributed by atoms with E-state index in [1.54, 1.807) is 11.9 Å². The number of hydrogen-bond donors (Lipinski definition) is 0. The van der Waals surface area contributed by atoms with E-state index in [9.17, 15) is 9.59 Å². The zero-order valence-electron chi connectivity index (χ0n) is 18.9. The van der Waals surface area contributed by atoms with Crippen molar-refractivity contribution in [3.05, 3.63) is 83.9 Å². The summed E-state index contributed by atoms with van der Waals surface area (Å²) in [4.78, 5) is 29.0. The Kier molecular flexibility index (Phi) is 5.92. The molecule has 2 amide bonds. The number of hydrogen-bond acceptors (Lipinski definition) is 4. The van der Waals surface area contributed by atoms with Crippen LogP contribution in [0.3, 0.4) is 0 Å². The second-order valence-corrected chi connectivity index (χ2v) is 8.76. The van der Waals surface area contributed by atoms with E-state index in [2.05, 4.69) is 47.4 Å². The molecule has 1 saturated heterocycles. The third kappa shape index (κ3) is 4.52. The van der Waals surface area contributed by atoms with Crippen LogP contribution in [0, 0.1) is 0 Å². The molecule has 3 aromatic carbocycles. The predicted molar refractivity (Wildman–Crippen MR) is 130 cm³/mol. The fourth-order valence-corrected chi connectivity index (χ4v) is 4.70. The van der Waals surface area contributed by atoms with E-state index >= 15 is 0 Å². The van der Waals surface area contributed by atoms with Crippen molar-refractivity contribution in [3.8, 4) is 0 Å². The zero-order valence-corrected chi connectivity index (χ0v) is 18.9. The highest BCUT2D eigenvalue weighted by molar-refractivity contribution is 6.05. The van der Waals surface area contributed by atoms with Gasteiger partial charge in [-0.2, -0.15) is 5.10 Å². The zero-order chi connectivity index (χ0) is 22.8. The monoisotopic (exact) mass is 440 g/mol. The van der Waals surface area contributed by atoms with Gasteiger partial charge in [0.1, 0.15) is 0 Å². The molecule has 1 fully saturated rings. The van der Waals surface area contributed by atoms with Gasteiger partial charge in [0.2, 0.25) is 5.91 Å². The maximum absolute atomic E-state index is 13.4. The van der Waals surface area contributed by atoms with Crippen LogP contribution in [0.4, 0.5) is 0 Å². The van der Waals surface area contributed by atoms with Crippen LogP contribution < -0.4 is 0 Å². The van der Waals surface area contributed by atoms with Crippen molar-refractivity contribution in [1.82, 2.24) is 14.8 Å². The summed E-state index contributed by atoms with van der Waals surface area (Å²) in [5, 5.41) is 8.88. The van der Waals surface area contributed by atoms with Crippen LogP contribution in [0.25, 0.3) is 10.8 Å². The molecule has 0 aliphatic carbocycles.